The zero-order valence-corrected chi connectivity index (χ0v) is 8.01. The number of hydrogen-bond donors (Lipinski definition) is 1. The third-order valence-corrected chi connectivity index (χ3v) is 2.00. The summed E-state index contributed by atoms with van der Waals surface area (Å²) in [6, 6.07) is 5.89. The van der Waals surface area contributed by atoms with Crippen molar-refractivity contribution in [3.8, 4) is 0 Å². The lowest BCUT2D eigenvalue weighted by Gasteiger charge is -1.98. The van der Waals surface area contributed by atoms with Crippen molar-refractivity contribution in [2.75, 3.05) is 18.7 Å². The van der Waals surface area contributed by atoms with Crippen LogP contribution in [0.15, 0.2) is 35.6 Å². The molecule has 0 atom stereocenters. The van der Waals surface area contributed by atoms with Gasteiger partial charge in [-0.15, -0.1) is 5.43 Å². The molecule has 0 unspecified atom stereocenters. The molecule has 64 valence electrons. The molecular weight excluding hydrogens is 170 g/mol. The van der Waals surface area contributed by atoms with Crippen LogP contribution in [-0.2, 0) is 0 Å². The van der Waals surface area contributed by atoms with Crippen LogP contribution in [0.4, 0.5) is 0 Å². The van der Waals surface area contributed by atoms with Crippen molar-refractivity contribution in [2.24, 2.45) is 4.99 Å². The molecule has 0 saturated carbocycles. The van der Waals surface area contributed by atoms with Gasteiger partial charge in [0.05, 0.1) is 0 Å². The first-order chi connectivity index (χ1) is 5.86. The number of rotatable bonds is 1. The Hall–Kier alpha value is -1.03. The fourth-order valence-corrected chi connectivity index (χ4v) is 1.15. The van der Waals surface area contributed by atoms with Crippen LogP contribution < -0.4 is 10.1 Å². The maximum absolute atomic E-state index is 4.05. The van der Waals surface area contributed by atoms with Gasteiger partial charge in [0.2, 0.25) is 5.17 Å². The van der Waals surface area contributed by atoms with Crippen LogP contribution in [0, 0.1) is 0 Å². The lowest BCUT2D eigenvalue weighted by molar-refractivity contribution is -0.639. The molecule has 1 rings (SSSR count). The Morgan fingerprint density at radius 3 is 2.50 bits per heavy atom. The fourth-order valence-electron chi connectivity index (χ4n) is 0.771. The summed E-state index contributed by atoms with van der Waals surface area (Å²) < 4.78 is 1.86. The second-order valence-corrected chi connectivity index (χ2v) is 2.92. The molecule has 0 radical (unpaired) electrons. The molecule has 1 N–H and O–H groups in total. The van der Waals surface area contributed by atoms with Crippen LogP contribution >= 0.6 is 11.8 Å². The lowest BCUT2D eigenvalue weighted by Crippen LogP contribution is -2.46. The first-order valence-corrected chi connectivity index (χ1v) is 4.83. The molecule has 12 heavy (non-hydrogen) atoms. The van der Waals surface area contributed by atoms with Crippen molar-refractivity contribution >= 4 is 16.9 Å². The van der Waals surface area contributed by atoms with Crippen molar-refractivity contribution in [2.45, 2.75) is 0 Å². The number of aromatic nitrogens is 1. The normalized spacial score (nSPS) is 11.3. The predicted octanol–water partition coefficient (Wildman–Crippen LogP) is 0.866. The average Bonchev–Trinajstić information content (AvgIpc) is 2.16. The van der Waals surface area contributed by atoms with Crippen molar-refractivity contribution in [3.05, 3.63) is 30.6 Å². The first-order valence-electron chi connectivity index (χ1n) is 3.61. The molecular formula is C8H12N3S+. The van der Waals surface area contributed by atoms with Crippen LogP contribution in [0.2, 0.25) is 0 Å². The van der Waals surface area contributed by atoms with Crippen molar-refractivity contribution in [1.82, 2.24) is 0 Å². The molecule has 0 saturated heterocycles. The molecule has 3 nitrogen and oxygen atoms in total. The largest absolute Gasteiger partial charge is 0.262 e. The first kappa shape index (κ1) is 9.06. The van der Waals surface area contributed by atoms with Crippen LogP contribution in [0.25, 0.3) is 0 Å². The Kier molecular flexibility index (Phi) is 3.60. The van der Waals surface area contributed by atoms with E-state index < -0.39 is 0 Å². The molecule has 1 aromatic heterocycles. The summed E-state index contributed by atoms with van der Waals surface area (Å²) in [5, 5.41) is 0.895. The Bertz CT molecular complexity index is 258. The molecule has 0 aliphatic rings. The van der Waals surface area contributed by atoms with Crippen molar-refractivity contribution in [3.63, 3.8) is 0 Å². The van der Waals surface area contributed by atoms with Gasteiger partial charge in [0, 0.05) is 19.2 Å². The molecule has 0 aliphatic heterocycles. The standard InChI is InChI=1S/C8H12N3S/c1-9-8(12-2)10-11-6-4-3-5-7-11/h3-7H,1-2H3,(H,9,10)/q+1. The summed E-state index contributed by atoms with van der Waals surface area (Å²) in [6.07, 6.45) is 5.85. The van der Waals surface area contributed by atoms with E-state index in [9.17, 15) is 0 Å². The highest BCUT2D eigenvalue weighted by Gasteiger charge is 2.00. The van der Waals surface area contributed by atoms with Crippen LogP contribution in [-0.4, -0.2) is 18.5 Å². The summed E-state index contributed by atoms with van der Waals surface area (Å²) in [6.45, 7) is 0. The van der Waals surface area contributed by atoms with E-state index in [0.717, 1.165) is 5.17 Å². The summed E-state index contributed by atoms with van der Waals surface area (Å²) >= 11 is 1.58. The predicted molar refractivity (Wildman–Crippen MR) is 52.9 cm³/mol. The van der Waals surface area contributed by atoms with E-state index in [0.29, 0.717) is 0 Å². The maximum Gasteiger partial charge on any atom is 0.214 e. The number of hydrogen-bond acceptors (Lipinski definition) is 2. The number of thioether (sulfide) groups is 1. The number of amidine groups is 1. The van der Waals surface area contributed by atoms with Crippen LogP contribution in [0.5, 0.6) is 0 Å². The number of pyridine rings is 1. The van der Waals surface area contributed by atoms with Gasteiger partial charge in [-0.1, -0.05) is 22.5 Å². The number of nitrogens with one attached hydrogen (secondary N) is 1. The van der Waals surface area contributed by atoms with E-state index >= 15 is 0 Å². The minimum Gasteiger partial charge on any atom is -0.262 e. The Labute approximate surface area is 76.5 Å². The Morgan fingerprint density at radius 2 is 2.00 bits per heavy atom. The average molecular weight is 182 g/mol. The molecule has 1 aromatic rings. The minimum atomic E-state index is 0.895. The van der Waals surface area contributed by atoms with Gasteiger partial charge in [-0.05, 0) is 6.26 Å². The van der Waals surface area contributed by atoms with E-state index in [-0.39, 0.29) is 0 Å². The quantitative estimate of drug-likeness (QED) is 0.396. The summed E-state index contributed by atoms with van der Waals surface area (Å²) in [4.78, 5) is 4.05. The highest BCUT2D eigenvalue weighted by Crippen LogP contribution is 1.92. The summed E-state index contributed by atoms with van der Waals surface area (Å²) in [5.74, 6) is 0. The number of nitrogens with zero attached hydrogens (tertiary/aromatic N) is 2. The topological polar surface area (TPSA) is 28.3 Å². The maximum atomic E-state index is 4.05. The van der Waals surface area contributed by atoms with Crippen LogP contribution in [0.3, 0.4) is 0 Å². The lowest BCUT2D eigenvalue weighted by atomic mass is 10.5. The molecule has 0 bridgehead atoms. The second kappa shape index (κ2) is 4.77. The molecule has 0 aromatic carbocycles. The molecule has 0 spiro atoms. The van der Waals surface area contributed by atoms with Gasteiger partial charge in [0.25, 0.3) is 0 Å². The van der Waals surface area contributed by atoms with Gasteiger partial charge >= 0.3 is 0 Å². The third kappa shape index (κ3) is 2.54. The monoisotopic (exact) mass is 182 g/mol. The van der Waals surface area contributed by atoms with Gasteiger partial charge in [-0.25, -0.2) is 0 Å². The van der Waals surface area contributed by atoms with Gasteiger partial charge in [-0.2, -0.15) is 0 Å². The second-order valence-electron chi connectivity index (χ2n) is 2.13. The Balaban J connectivity index is 2.64. The number of aliphatic imine (C=N–C) groups is 1. The smallest absolute Gasteiger partial charge is 0.214 e. The van der Waals surface area contributed by atoms with Gasteiger partial charge < -0.3 is 0 Å². The van der Waals surface area contributed by atoms with Gasteiger partial charge in [0.1, 0.15) is 0 Å². The SMILES string of the molecule is CN=C(N[n+]1ccccc1)SC. The zero-order chi connectivity index (χ0) is 8.81. The van der Waals surface area contributed by atoms with E-state index in [1.807, 2.05) is 41.5 Å². The van der Waals surface area contributed by atoms with Crippen molar-refractivity contribution < 1.29 is 4.68 Å². The van der Waals surface area contributed by atoms with Gasteiger partial charge in [-0.3, -0.25) is 4.99 Å². The summed E-state index contributed by atoms with van der Waals surface area (Å²) in [7, 11) is 1.77. The Morgan fingerprint density at radius 1 is 1.33 bits per heavy atom. The fraction of sp³-hybridized carbons (Fsp3) is 0.250. The van der Waals surface area contributed by atoms with Gasteiger partial charge in [0.15, 0.2) is 12.4 Å². The van der Waals surface area contributed by atoms with E-state index in [4.69, 9.17) is 0 Å². The highest BCUT2D eigenvalue weighted by atomic mass is 32.2. The van der Waals surface area contributed by atoms with E-state index in [1.54, 1.807) is 18.8 Å². The van der Waals surface area contributed by atoms with E-state index in [1.165, 1.54) is 0 Å². The molecule has 0 aliphatic carbocycles. The van der Waals surface area contributed by atoms with Crippen molar-refractivity contribution in [1.29, 1.82) is 0 Å². The molecule has 4 heteroatoms. The minimum absolute atomic E-state index is 0.895. The molecule has 0 amide bonds. The zero-order valence-electron chi connectivity index (χ0n) is 7.19. The third-order valence-electron chi connectivity index (χ3n) is 1.34. The molecule has 1 heterocycles. The van der Waals surface area contributed by atoms with E-state index in [2.05, 4.69) is 10.4 Å². The van der Waals surface area contributed by atoms with Crippen LogP contribution in [0.1, 0.15) is 0 Å². The molecule has 0 fully saturated rings. The highest BCUT2D eigenvalue weighted by molar-refractivity contribution is 8.13. The summed E-state index contributed by atoms with van der Waals surface area (Å²) in [5.41, 5.74) is 3.11.